The van der Waals surface area contributed by atoms with E-state index < -0.39 is 11.6 Å². The van der Waals surface area contributed by atoms with Crippen LogP contribution in [0.4, 0.5) is 14.5 Å². The SMILES string of the molecule is CCC(C)(C)NC(=S)Nc1c(F)cccc1F. The maximum absolute atomic E-state index is 13.3. The average Bonchev–Trinajstić information content (AvgIpc) is 2.23. The van der Waals surface area contributed by atoms with Crippen molar-refractivity contribution < 1.29 is 8.78 Å². The van der Waals surface area contributed by atoms with E-state index in [1.807, 2.05) is 20.8 Å². The average molecular weight is 258 g/mol. The molecule has 0 aliphatic rings. The highest BCUT2D eigenvalue weighted by atomic mass is 32.1. The molecule has 0 aromatic heterocycles. The minimum Gasteiger partial charge on any atom is -0.358 e. The van der Waals surface area contributed by atoms with Gasteiger partial charge >= 0.3 is 0 Å². The molecule has 0 aliphatic carbocycles. The molecule has 2 nitrogen and oxygen atoms in total. The summed E-state index contributed by atoms with van der Waals surface area (Å²) < 4.78 is 26.7. The lowest BCUT2D eigenvalue weighted by atomic mass is 10.0. The van der Waals surface area contributed by atoms with Crippen molar-refractivity contribution >= 4 is 23.0 Å². The molecule has 2 N–H and O–H groups in total. The Hall–Kier alpha value is -1.23. The van der Waals surface area contributed by atoms with Crippen molar-refractivity contribution in [3.8, 4) is 0 Å². The van der Waals surface area contributed by atoms with Gasteiger partial charge in [-0.2, -0.15) is 0 Å². The largest absolute Gasteiger partial charge is 0.358 e. The maximum Gasteiger partial charge on any atom is 0.171 e. The van der Waals surface area contributed by atoms with Gasteiger partial charge in [0.05, 0.1) is 0 Å². The number of halogens is 2. The van der Waals surface area contributed by atoms with E-state index in [0.717, 1.165) is 6.42 Å². The van der Waals surface area contributed by atoms with Gasteiger partial charge in [-0.25, -0.2) is 8.78 Å². The van der Waals surface area contributed by atoms with Crippen LogP contribution in [0.5, 0.6) is 0 Å². The first kappa shape index (κ1) is 13.8. The molecule has 1 aromatic rings. The van der Waals surface area contributed by atoms with Crippen molar-refractivity contribution in [1.82, 2.24) is 5.32 Å². The van der Waals surface area contributed by atoms with Gasteiger partial charge in [-0.3, -0.25) is 0 Å². The molecule has 0 unspecified atom stereocenters. The maximum atomic E-state index is 13.3. The molecule has 1 rings (SSSR count). The number of rotatable bonds is 3. The Morgan fingerprint density at radius 2 is 1.82 bits per heavy atom. The van der Waals surface area contributed by atoms with Gasteiger partial charge in [0.2, 0.25) is 0 Å². The molecule has 0 atom stereocenters. The zero-order valence-electron chi connectivity index (χ0n) is 10.1. The van der Waals surface area contributed by atoms with E-state index >= 15 is 0 Å². The minimum atomic E-state index is -0.663. The van der Waals surface area contributed by atoms with Crippen molar-refractivity contribution in [1.29, 1.82) is 0 Å². The smallest absolute Gasteiger partial charge is 0.171 e. The standard InChI is InChI=1S/C12H16F2N2S/c1-4-12(2,3)16-11(17)15-10-8(13)6-5-7-9(10)14/h5-7H,4H2,1-3H3,(H2,15,16,17). The highest BCUT2D eigenvalue weighted by molar-refractivity contribution is 7.80. The molecule has 1 aromatic carbocycles. The van der Waals surface area contributed by atoms with Crippen LogP contribution in [0.15, 0.2) is 18.2 Å². The molecule has 0 saturated carbocycles. The van der Waals surface area contributed by atoms with E-state index in [2.05, 4.69) is 10.6 Å². The van der Waals surface area contributed by atoms with E-state index in [1.165, 1.54) is 18.2 Å². The minimum absolute atomic E-state index is 0.209. The highest BCUT2D eigenvalue weighted by Gasteiger charge is 2.17. The Morgan fingerprint density at radius 3 is 2.29 bits per heavy atom. The van der Waals surface area contributed by atoms with Crippen LogP contribution in [-0.4, -0.2) is 10.7 Å². The van der Waals surface area contributed by atoms with Crippen LogP contribution in [0, 0.1) is 11.6 Å². The van der Waals surface area contributed by atoms with Crippen molar-refractivity contribution in [3.05, 3.63) is 29.8 Å². The third-order valence-corrected chi connectivity index (χ3v) is 2.74. The van der Waals surface area contributed by atoms with Gasteiger partial charge < -0.3 is 10.6 Å². The summed E-state index contributed by atoms with van der Waals surface area (Å²) in [5.41, 5.74) is -0.442. The number of benzene rings is 1. The van der Waals surface area contributed by atoms with E-state index in [1.54, 1.807) is 0 Å². The molecular formula is C12H16F2N2S. The molecule has 0 saturated heterocycles. The Bertz CT molecular complexity index is 399. The monoisotopic (exact) mass is 258 g/mol. The molecule has 0 radical (unpaired) electrons. The second-order valence-electron chi connectivity index (χ2n) is 4.41. The first-order valence-corrected chi connectivity index (χ1v) is 5.80. The Balaban J connectivity index is 2.75. The lowest BCUT2D eigenvalue weighted by molar-refractivity contribution is 0.447. The van der Waals surface area contributed by atoms with Crippen LogP contribution in [0.25, 0.3) is 0 Å². The summed E-state index contributed by atoms with van der Waals surface area (Å²) in [5, 5.41) is 5.74. The molecule has 0 aliphatic heterocycles. The number of hydrogen-bond acceptors (Lipinski definition) is 1. The van der Waals surface area contributed by atoms with Crippen LogP contribution in [0.3, 0.4) is 0 Å². The Kier molecular flexibility index (Phi) is 4.40. The molecule has 0 amide bonds. The zero-order valence-corrected chi connectivity index (χ0v) is 10.9. The molecule has 17 heavy (non-hydrogen) atoms. The van der Waals surface area contributed by atoms with Gasteiger partial charge in [0, 0.05) is 5.54 Å². The van der Waals surface area contributed by atoms with Gasteiger partial charge in [-0.1, -0.05) is 13.0 Å². The summed E-state index contributed by atoms with van der Waals surface area (Å²) in [6, 6.07) is 3.67. The van der Waals surface area contributed by atoms with Gasteiger partial charge in [0.1, 0.15) is 17.3 Å². The molecule has 94 valence electrons. The number of anilines is 1. The van der Waals surface area contributed by atoms with Crippen LogP contribution in [0.1, 0.15) is 27.2 Å². The number of nitrogens with one attached hydrogen (secondary N) is 2. The van der Waals surface area contributed by atoms with Gasteiger partial charge in [-0.05, 0) is 44.6 Å². The van der Waals surface area contributed by atoms with Crippen LogP contribution < -0.4 is 10.6 Å². The van der Waals surface area contributed by atoms with Crippen molar-refractivity contribution in [2.24, 2.45) is 0 Å². The topological polar surface area (TPSA) is 24.1 Å². The summed E-state index contributed by atoms with van der Waals surface area (Å²) in [4.78, 5) is 0. The zero-order chi connectivity index (χ0) is 13.1. The van der Waals surface area contributed by atoms with E-state index in [9.17, 15) is 8.78 Å². The fourth-order valence-corrected chi connectivity index (χ4v) is 1.54. The summed E-state index contributed by atoms with van der Waals surface area (Å²) in [6.45, 7) is 5.91. The normalized spacial score (nSPS) is 11.1. The third-order valence-electron chi connectivity index (χ3n) is 2.54. The van der Waals surface area contributed by atoms with Gasteiger partial charge in [-0.15, -0.1) is 0 Å². The highest BCUT2D eigenvalue weighted by Crippen LogP contribution is 2.18. The Labute approximate surface area is 105 Å². The molecule has 5 heteroatoms. The fourth-order valence-electron chi connectivity index (χ4n) is 1.16. The summed E-state index contributed by atoms with van der Waals surface area (Å²) in [7, 11) is 0. The summed E-state index contributed by atoms with van der Waals surface area (Å²) >= 11 is 5.01. The second kappa shape index (κ2) is 5.40. The number of para-hydroxylation sites is 1. The molecule has 0 fully saturated rings. The predicted octanol–water partition coefficient (Wildman–Crippen LogP) is 3.44. The Morgan fingerprint density at radius 1 is 1.29 bits per heavy atom. The van der Waals surface area contributed by atoms with E-state index in [0.29, 0.717) is 0 Å². The lowest BCUT2D eigenvalue weighted by Gasteiger charge is -2.26. The van der Waals surface area contributed by atoms with Gasteiger partial charge in [0.15, 0.2) is 5.11 Å². The molecule has 0 spiro atoms. The lowest BCUT2D eigenvalue weighted by Crippen LogP contribution is -2.45. The summed E-state index contributed by atoms with van der Waals surface area (Å²) in [6.07, 6.45) is 0.842. The van der Waals surface area contributed by atoms with Crippen LogP contribution in [0.2, 0.25) is 0 Å². The summed E-state index contributed by atoms with van der Waals surface area (Å²) in [5.74, 6) is -1.33. The van der Waals surface area contributed by atoms with E-state index in [4.69, 9.17) is 12.2 Å². The number of hydrogen-bond donors (Lipinski definition) is 2. The van der Waals surface area contributed by atoms with Crippen molar-refractivity contribution in [2.75, 3.05) is 5.32 Å². The first-order chi connectivity index (χ1) is 7.85. The molecule has 0 bridgehead atoms. The first-order valence-electron chi connectivity index (χ1n) is 5.39. The number of thiocarbonyl (C=S) groups is 1. The molecular weight excluding hydrogens is 242 g/mol. The second-order valence-corrected chi connectivity index (χ2v) is 4.82. The van der Waals surface area contributed by atoms with Crippen LogP contribution in [-0.2, 0) is 0 Å². The van der Waals surface area contributed by atoms with Gasteiger partial charge in [0.25, 0.3) is 0 Å². The van der Waals surface area contributed by atoms with E-state index in [-0.39, 0.29) is 16.3 Å². The fraction of sp³-hybridized carbons (Fsp3) is 0.417. The van der Waals surface area contributed by atoms with Crippen molar-refractivity contribution in [2.45, 2.75) is 32.7 Å². The van der Waals surface area contributed by atoms with Crippen LogP contribution >= 0.6 is 12.2 Å². The predicted molar refractivity (Wildman–Crippen MR) is 70.1 cm³/mol. The quantitative estimate of drug-likeness (QED) is 0.812. The van der Waals surface area contributed by atoms with Crippen molar-refractivity contribution in [3.63, 3.8) is 0 Å². The molecule has 0 heterocycles. The third kappa shape index (κ3) is 3.93.